The maximum atomic E-state index is 12.6. The lowest BCUT2D eigenvalue weighted by Gasteiger charge is -2.14. The standard InChI is InChI=1S/C12H16F2N2O3/c13-12(14,8-17)7-16-11(18)5-6-19-10-4-2-1-3-9(10)15/h1-4,17H,5-8,15H2,(H,16,18). The van der Waals surface area contributed by atoms with Crippen molar-refractivity contribution in [1.82, 2.24) is 5.32 Å². The number of nitrogens with two attached hydrogens (primary N) is 1. The van der Waals surface area contributed by atoms with Crippen LogP contribution in [-0.4, -0.2) is 36.7 Å². The first-order valence-corrected chi connectivity index (χ1v) is 5.67. The molecular weight excluding hydrogens is 258 g/mol. The van der Waals surface area contributed by atoms with Gasteiger partial charge in [0.05, 0.1) is 25.3 Å². The molecule has 0 unspecified atom stereocenters. The van der Waals surface area contributed by atoms with Crippen LogP contribution >= 0.6 is 0 Å². The number of amides is 1. The minimum absolute atomic E-state index is 0.0325. The van der Waals surface area contributed by atoms with Crippen molar-refractivity contribution in [3.8, 4) is 5.75 Å². The first-order chi connectivity index (χ1) is 8.94. The molecule has 0 heterocycles. The number of para-hydroxylation sites is 2. The van der Waals surface area contributed by atoms with E-state index in [-0.39, 0.29) is 13.0 Å². The molecule has 0 aliphatic heterocycles. The summed E-state index contributed by atoms with van der Waals surface area (Å²) in [5.74, 6) is -3.45. The molecule has 0 atom stereocenters. The van der Waals surface area contributed by atoms with Crippen molar-refractivity contribution in [3.63, 3.8) is 0 Å². The smallest absolute Gasteiger partial charge is 0.287 e. The lowest BCUT2D eigenvalue weighted by atomic mass is 10.3. The van der Waals surface area contributed by atoms with E-state index in [2.05, 4.69) is 0 Å². The molecule has 1 aromatic carbocycles. The fraction of sp³-hybridized carbons (Fsp3) is 0.417. The van der Waals surface area contributed by atoms with Gasteiger partial charge in [-0.25, -0.2) is 8.78 Å². The number of carbonyl (C=O) groups excluding carboxylic acids is 1. The summed E-state index contributed by atoms with van der Waals surface area (Å²) in [4.78, 5) is 11.2. The minimum atomic E-state index is -3.31. The molecule has 0 saturated carbocycles. The van der Waals surface area contributed by atoms with Gasteiger partial charge < -0.3 is 20.9 Å². The van der Waals surface area contributed by atoms with Gasteiger partial charge in [0.15, 0.2) is 0 Å². The van der Waals surface area contributed by atoms with E-state index >= 15 is 0 Å². The molecule has 1 rings (SSSR count). The molecule has 0 aliphatic rings. The van der Waals surface area contributed by atoms with Gasteiger partial charge in [0, 0.05) is 0 Å². The highest BCUT2D eigenvalue weighted by atomic mass is 19.3. The number of hydrogen-bond donors (Lipinski definition) is 3. The zero-order valence-corrected chi connectivity index (χ0v) is 10.2. The number of nitrogen functional groups attached to an aromatic ring is 1. The van der Waals surface area contributed by atoms with Crippen LogP contribution in [0.5, 0.6) is 5.75 Å². The lowest BCUT2D eigenvalue weighted by molar-refractivity contribution is -0.124. The third kappa shape index (κ3) is 5.52. The number of alkyl halides is 2. The first kappa shape index (κ1) is 15.2. The highest BCUT2D eigenvalue weighted by molar-refractivity contribution is 5.76. The number of aliphatic hydroxyl groups excluding tert-OH is 1. The molecule has 0 saturated heterocycles. The van der Waals surface area contributed by atoms with Crippen LogP contribution < -0.4 is 15.8 Å². The average Bonchev–Trinajstić information content (AvgIpc) is 2.39. The Hall–Kier alpha value is -1.89. The van der Waals surface area contributed by atoms with Crippen molar-refractivity contribution in [2.24, 2.45) is 0 Å². The Labute approximate surface area is 109 Å². The Bertz CT molecular complexity index is 427. The number of carbonyl (C=O) groups is 1. The van der Waals surface area contributed by atoms with Crippen LogP contribution in [-0.2, 0) is 4.79 Å². The van der Waals surface area contributed by atoms with Crippen LogP contribution in [0.3, 0.4) is 0 Å². The molecule has 0 aliphatic carbocycles. The van der Waals surface area contributed by atoms with Gasteiger partial charge in [-0.3, -0.25) is 4.79 Å². The summed E-state index contributed by atoms with van der Waals surface area (Å²) >= 11 is 0. The van der Waals surface area contributed by atoms with Crippen molar-refractivity contribution in [1.29, 1.82) is 0 Å². The zero-order chi connectivity index (χ0) is 14.3. The van der Waals surface area contributed by atoms with Crippen molar-refractivity contribution < 1.29 is 23.4 Å². The normalized spacial score (nSPS) is 11.1. The molecule has 0 bridgehead atoms. The first-order valence-electron chi connectivity index (χ1n) is 5.67. The number of nitrogens with one attached hydrogen (secondary N) is 1. The Morgan fingerprint density at radius 3 is 2.74 bits per heavy atom. The Morgan fingerprint density at radius 2 is 2.11 bits per heavy atom. The molecule has 106 valence electrons. The monoisotopic (exact) mass is 274 g/mol. The molecule has 1 aromatic rings. The Kier molecular flexibility index (Phi) is 5.50. The van der Waals surface area contributed by atoms with Gasteiger partial charge >= 0.3 is 0 Å². The molecule has 0 aromatic heterocycles. The van der Waals surface area contributed by atoms with Crippen LogP contribution in [0.15, 0.2) is 24.3 Å². The molecule has 0 fully saturated rings. The van der Waals surface area contributed by atoms with Crippen molar-refractivity contribution in [3.05, 3.63) is 24.3 Å². The van der Waals surface area contributed by atoms with E-state index in [0.717, 1.165) is 0 Å². The SMILES string of the molecule is Nc1ccccc1OCCC(=O)NCC(F)(F)CO. The summed E-state index contributed by atoms with van der Waals surface area (Å²) in [5, 5.41) is 10.3. The summed E-state index contributed by atoms with van der Waals surface area (Å²) in [7, 11) is 0. The number of ether oxygens (including phenoxy) is 1. The van der Waals surface area contributed by atoms with Crippen LogP contribution in [0, 0.1) is 0 Å². The third-order valence-corrected chi connectivity index (χ3v) is 2.28. The molecular formula is C12H16F2N2O3. The molecule has 0 spiro atoms. The molecule has 19 heavy (non-hydrogen) atoms. The van der Waals surface area contributed by atoms with E-state index in [0.29, 0.717) is 11.4 Å². The van der Waals surface area contributed by atoms with E-state index in [9.17, 15) is 13.6 Å². The van der Waals surface area contributed by atoms with Gasteiger partial charge in [0.1, 0.15) is 12.4 Å². The highest BCUT2D eigenvalue weighted by Crippen LogP contribution is 2.19. The van der Waals surface area contributed by atoms with Gasteiger partial charge in [-0.1, -0.05) is 12.1 Å². The fourth-order valence-electron chi connectivity index (χ4n) is 1.24. The van der Waals surface area contributed by atoms with Gasteiger partial charge in [0.25, 0.3) is 5.92 Å². The van der Waals surface area contributed by atoms with Crippen LogP contribution in [0.4, 0.5) is 14.5 Å². The number of halogens is 2. The lowest BCUT2D eigenvalue weighted by Crippen LogP contribution is -2.39. The number of anilines is 1. The van der Waals surface area contributed by atoms with Gasteiger partial charge in [-0.2, -0.15) is 0 Å². The predicted octanol–water partition coefficient (Wildman–Crippen LogP) is 0.781. The topological polar surface area (TPSA) is 84.6 Å². The fourth-order valence-corrected chi connectivity index (χ4v) is 1.24. The third-order valence-electron chi connectivity index (χ3n) is 2.28. The second kappa shape index (κ2) is 6.89. The van der Waals surface area contributed by atoms with E-state index < -0.39 is 25.0 Å². The van der Waals surface area contributed by atoms with E-state index in [4.69, 9.17) is 15.6 Å². The summed E-state index contributed by atoms with van der Waals surface area (Å²) < 4.78 is 30.5. The summed E-state index contributed by atoms with van der Waals surface area (Å²) in [6.45, 7) is -2.16. The number of rotatable bonds is 7. The van der Waals surface area contributed by atoms with Crippen LogP contribution in [0.2, 0.25) is 0 Å². The number of hydrogen-bond acceptors (Lipinski definition) is 4. The van der Waals surface area contributed by atoms with Crippen molar-refractivity contribution >= 4 is 11.6 Å². The van der Waals surface area contributed by atoms with E-state index in [1.54, 1.807) is 24.3 Å². The maximum Gasteiger partial charge on any atom is 0.287 e. The zero-order valence-electron chi connectivity index (χ0n) is 10.2. The molecule has 7 heteroatoms. The Balaban J connectivity index is 2.26. The van der Waals surface area contributed by atoms with Crippen molar-refractivity contribution in [2.75, 3.05) is 25.5 Å². The molecule has 5 nitrogen and oxygen atoms in total. The number of aliphatic hydroxyl groups is 1. The minimum Gasteiger partial charge on any atom is -0.491 e. The van der Waals surface area contributed by atoms with Gasteiger partial charge in [-0.15, -0.1) is 0 Å². The molecule has 0 radical (unpaired) electrons. The predicted molar refractivity (Wildman–Crippen MR) is 66.0 cm³/mol. The average molecular weight is 274 g/mol. The molecule has 4 N–H and O–H groups in total. The largest absolute Gasteiger partial charge is 0.491 e. The maximum absolute atomic E-state index is 12.6. The Morgan fingerprint density at radius 1 is 1.42 bits per heavy atom. The van der Waals surface area contributed by atoms with Gasteiger partial charge in [0.2, 0.25) is 5.91 Å². The molecule has 1 amide bonds. The van der Waals surface area contributed by atoms with E-state index in [1.165, 1.54) is 0 Å². The van der Waals surface area contributed by atoms with Gasteiger partial charge in [-0.05, 0) is 12.1 Å². The van der Waals surface area contributed by atoms with E-state index in [1.807, 2.05) is 5.32 Å². The second-order valence-electron chi connectivity index (χ2n) is 3.93. The second-order valence-corrected chi connectivity index (χ2v) is 3.93. The summed E-state index contributed by atoms with van der Waals surface area (Å²) in [6, 6.07) is 6.77. The van der Waals surface area contributed by atoms with Crippen LogP contribution in [0.1, 0.15) is 6.42 Å². The summed E-state index contributed by atoms with van der Waals surface area (Å²) in [6.07, 6.45) is -0.0736. The van der Waals surface area contributed by atoms with Crippen molar-refractivity contribution in [2.45, 2.75) is 12.3 Å². The van der Waals surface area contributed by atoms with Crippen LogP contribution in [0.25, 0.3) is 0 Å². The summed E-state index contributed by atoms with van der Waals surface area (Å²) in [5.41, 5.74) is 6.06. The highest BCUT2D eigenvalue weighted by Gasteiger charge is 2.27. The quantitative estimate of drug-likeness (QED) is 0.641. The number of benzene rings is 1.